The predicted octanol–water partition coefficient (Wildman–Crippen LogP) is 3.23. The van der Waals surface area contributed by atoms with Gasteiger partial charge in [0.25, 0.3) is 5.91 Å². The fourth-order valence-corrected chi connectivity index (χ4v) is 3.02. The van der Waals surface area contributed by atoms with Gasteiger partial charge < -0.3 is 14.5 Å². The second kappa shape index (κ2) is 5.21. The van der Waals surface area contributed by atoms with Gasteiger partial charge in [-0.05, 0) is 49.2 Å². The lowest BCUT2D eigenvalue weighted by Gasteiger charge is -2.07. The summed E-state index contributed by atoms with van der Waals surface area (Å²) in [6, 6.07) is 9.69. The summed E-state index contributed by atoms with van der Waals surface area (Å²) in [6.45, 7) is 5.19. The van der Waals surface area contributed by atoms with Crippen molar-refractivity contribution < 1.29 is 9.53 Å². The van der Waals surface area contributed by atoms with Crippen molar-refractivity contribution >= 4 is 17.2 Å². The molecule has 1 N–H and O–H groups in total. The van der Waals surface area contributed by atoms with Crippen molar-refractivity contribution in [2.75, 3.05) is 5.32 Å². The molecule has 0 aliphatic carbocycles. The Morgan fingerprint density at radius 2 is 2.00 bits per heavy atom. The number of ether oxygens (including phenoxy) is 1. The minimum absolute atomic E-state index is 0.149. The molecule has 5 heteroatoms. The van der Waals surface area contributed by atoms with Gasteiger partial charge in [0.1, 0.15) is 5.65 Å². The summed E-state index contributed by atoms with van der Waals surface area (Å²) in [5.41, 5.74) is 6.32. The van der Waals surface area contributed by atoms with Crippen LogP contribution in [0.25, 0.3) is 5.65 Å². The standard InChI is InChI=1S/C18H17N3O2/c1-11-7-12(2)21-6-5-16(17(21)19-11)18(22)20-15-4-3-13-9-23-10-14(13)8-15/h3-8H,9-10H2,1-2H3,(H,20,22). The summed E-state index contributed by atoms with van der Waals surface area (Å²) in [7, 11) is 0. The molecule has 3 aromatic rings. The highest BCUT2D eigenvalue weighted by molar-refractivity contribution is 6.08. The van der Waals surface area contributed by atoms with Gasteiger partial charge in [-0.25, -0.2) is 4.98 Å². The number of amides is 1. The number of nitrogens with zero attached hydrogens (tertiary/aromatic N) is 2. The van der Waals surface area contributed by atoms with E-state index in [2.05, 4.69) is 10.3 Å². The zero-order valence-corrected chi connectivity index (χ0v) is 13.1. The SMILES string of the molecule is Cc1cc(C)n2ccc(C(=O)Nc3ccc4c(c3)COC4)c2n1. The van der Waals surface area contributed by atoms with Crippen LogP contribution in [0.2, 0.25) is 0 Å². The van der Waals surface area contributed by atoms with Gasteiger partial charge in [0.2, 0.25) is 0 Å². The maximum Gasteiger partial charge on any atom is 0.259 e. The third-order valence-corrected chi connectivity index (χ3v) is 4.16. The van der Waals surface area contributed by atoms with E-state index in [1.807, 2.05) is 48.7 Å². The molecule has 1 amide bonds. The fraction of sp³-hybridized carbons (Fsp3) is 0.222. The van der Waals surface area contributed by atoms with Crippen molar-refractivity contribution in [3.8, 4) is 0 Å². The normalized spacial score (nSPS) is 13.3. The molecule has 0 bridgehead atoms. The van der Waals surface area contributed by atoms with Gasteiger partial charge in [-0.2, -0.15) is 0 Å². The topological polar surface area (TPSA) is 55.6 Å². The molecule has 0 atom stereocenters. The number of rotatable bonds is 2. The second-order valence-electron chi connectivity index (χ2n) is 5.89. The molecular formula is C18H17N3O2. The van der Waals surface area contributed by atoms with Crippen LogP contribution < -0.4 is 5.32 Å². The Labute approximate surface area is 133 Å². The number of fused-ring (bicyclic) bond motifs is 2. The van der Waals surface area contributed by atoms with Gasteiger partial charge in [-0.1, -0.05) is 6.07 Å². The summed E-state index contributed by atoms with van der Waals surface area (Å²) in [4.78, 5) is 17.1. The Hall–Kier alpha value is -2.66. The van der Waals surface area contributed by atoms with E-state index in [1.54, 1.807) is 6.07 Å². The summed E-state index contributed by atoms with van der Waals surface area (Å²) in [5.74, 6) is -0.149. The number of aryl methyl sites for hydroxylation is 2. The molecule has 1 aliphatic rings. The average molecular weight is 307 g/mol. The monoisotopic (exact) mass is 307 g/mol. The van der Waals surface area contributed by atoms with Crippen molar-refractivity contribution in [1.82, 2.24) is 9.38 Å². The van der Waals surface area contributed by atoms with E-state index >= 15 is 0 Å². The smallest absolute Gasteiger partial charge is 0.259 e. The van der Waals surface area contributed by atoms with E-state index in [0.717, 1.165) is 22.6 Å². The molecule has 3 heterocycles. The molecule has 0 spiro atoms. The van der Waals surface area contributed by atoms with E-state index in [9.17, 15) is 4.79 Å². The number of nitrogens with one attached hydrogen (secondary N) is 1. The molecule has 0 saturated carbocycles. The van der Waals surface area contributed by atoms with Crippen LogP contribution in [0.1, 0.15) is 32.9 Å². The van der Waals surface area contributed by atoms with E-state index < -0.39 is 0 Å². The van der Waals surface area contributed by atoms with E-state index in [0.29, 0.717) is 24.4 Å². The first-order valence-corrected chi connectivity index (χ1v) is 7.58. The number of carbonyl (C=O) groups excluding carboxylic acids is 1. The molecule has 0 radical (unpaired) electrons. The maximum absolute atomic E-state index is 12.6. The van der Waals surface area contributed by atoms with Crippen LogP contribution in [-0.2, 0) is 18.0 Å². The third-order valence-electron chi connectivity index (χ3n) is 4.16. The largest absolute Gasteiger partial charge is 0.372 e. The quantitative estimate of drug-likeness (QED) is 0.791. The average Bonchev–Trinajstić information content (AvgIpc) is 3.12. The Balaban J connectivity index is 1.67. The van der Waals surface area contributed by atoms with Crippen molar-refractivity contribution in [3.05, 3.63) is 64.6 Å². The number of aromatic nitrogens is 2. The lowest BCUT2D eigenvalue weighted by Crippen LogP contribution is -2.12. The summed E-state index contributed by atoms with van der Waals surface area (Å²) < 4.78 is 7.33. The number of benzene rings is 1. The van der Waals surface area contributed by atoms with Gasteiger partial charge in [0.15, 0.2) is 0 Å². The summed E-state index contributed by atoms with van der Waals surface area (Å²) in [5, 5.41) is 2.96. The van der Waals surface area contributed by atoms with Crippen LogP contribution >= 0.6 is 0 Å². The summed E-state index contributed by atoms with van der Waals surface area (Å²) >= 11 is 0. The van der Waals surface area contributed by atoms with E-state index in [1.165, 1.54) is 5.56 Å². The molecule has 5 nitrogen and oxygen atoms in total. The Bertz CT molecular complexity index is 927. The number of hydrogen-bond donors (Lipinski definition) is 1. The molecule has 0 saturated heterocycles. The Morgan fingerprint density at radius 1 is 1.17 bits per heavy atom. The molecule has 1 aliphatic heterocycles. The molecule has 2 aromatic heterocycles. The highest BCUT2D eigenvalue weighted by Gasteiger charge is 2.16. The van der Waals surface area contributed by atoms with E-state index in [-0.39, 0.29) is 5.91 Å². The lowest BCUT2D eigenvalue weighted by molar-refractivity contribution is 0.102. The molecule has 0 fully saturated rings. The predicted molar refractivity (Wildman–Crippen MR) is 87.6 cm³/mol. The zero-order valence-electron chi connectivity index (χ0n) is 13.1. The van der Waals surface area contributed by atoms with Gasteiger partial charge in [-0.3, -0.25) is 4.79 Å². The summed E-state index contributed by atoms with van der Waals surface area (Å²) in [6.07, 6.45) is 1.88. The highest BCUT2D eigenvalue weighted by Crippen LogP contribution is 2.24. The molecule has 23 heavy (non-hydrogen) atoms. The van der Waals surface area contributed by atoms with Crippen molar-refractivity contribution in [2.45, 2.75) is 27.1 Å². The van der Waals surface area contributed by atoms with Crippen LogP contribution in [0.5, 0.6) is 0 Å². The second-order valence-corrected chi connectivity index (χ2v) is 5.89. The molecule has 0 unspecified atom stereocenters. The minimum Gasteiger partial charge on any atom is -0.372 e. The fourth-order valence-electron chi connectivity index (χ4n) is 3.02. The maximum atomic E-state index is 12.6. The van der Waals surface area contributed by atoms with Crippen LogP contribution in [0.4, 0.5) is 5.69 Å². The highest BCUT2D eigenvalue weighted by atomic mass is 16.5. The van der Waals surface area contributed by atoms with Crippen LogP contribution in [0.15, 0.2) is 36.5 Å². The molecule has 1 aromatic carbocycles. The van der Waals surface area contributed by atoms with Crippen molar-refractivity contribution in [2.24, 2.45) is 0 Å². The van der Waals surface area contributed by atoms with Gasteiger partial charge in [0.05, 0.1) is 18.8 Å². The Kier molecular flexibility index (Phi) is 3.16. The number of anilines is 1. The van der Waals surface area contributed by atoms with Crippen molar-refractivity contribution in [1.29, 1.82) is 0 Å². The Morgan fingerprint density at radius 3 is 2.87 bits per heavy atom. The number of carbonyl (C=O) groups is 1. The molecule has 4 rings (SSSR count). The van der Waals surface area contributed by atoms with Crippen LogP contribution in [-0.4, -0.2) is 15.3 Å². The zero-order chi connectivity index (χ0) is 16.0. The van der Waals surface area contributed by atoms with E-state index in [4.69, 9.17) is 4.74 Å². The first-order valence-electron chi connectivity index (χ1n) is 7.58. The first-order chi connectivity index (χ1) is 11.1. The van der Waals surface area contributed by atoms with Gasteiger partial charge >= 0.3 is 0 Å². The molecule has 116 valence electrons. The van der Waals surface area contributed by atoms with Crippen LogP contribution in [0.3, 0.4) is 0 Å². The molecular weight excluding hydrogens is 290 g/mol. The third kappa shape index (κ3) is 2.39. The lowest BCUT2D eigenvalue weighted by atomic mass is 10.1. The van der Waals surface area contributed by atoms with Crippen LogP contribution in [0, 0.1) is 13.8 Å². The number of hydrogen-bond acceptors (Lipinski definition) is 3. The first kappa shape index (κ1) is 14.0. The van der Waals surface area contributed by atoms with Gasteiger partial charge in [-0.15, -0.1) is 0 Å². The minimum atomic E-state index is -0.149. The van der Waals surface area contributed by atoms with Crippen molar-refractivity contribution in [3.63, 3.8) is 0 Å². The van der Waals surface area contributed by atoms with Gasteiger partial charge in [0, 0.05) is 23.3 Å².